The van der Waals surface area contributed by atoms with E-state index in [0.29, 0.717) is 13.2 Å². The Labute approximate surface area is 164 Å². The Bertz CT molecular complexity index is 955. The lowest BCUT2D eigenvalue weighted by Gasteiger charge is -2.19. The van der Waals surface area contributed by atoms with Gasteiger partial charge < -0.3 is 18.9 Å². The van der Waals surface area contributed by atoms with Crippen LogP contribution in [0.1, 0.15) is 0 Å². The highest BCUT2D eigenvalue weighted by molar-refractivity contribution is 14.1. The number of hydrogen-bond donors (Lipinski definition) is 0. The summed E-state index contributed by atoms with van der Waals surface area (Å²) < 4.78 is 25.1. The lowest BCUT2D eigenvalue weighted by atomic mass is 10.1. The molecule has 0 aliphatic carbocycles. The summed E-state index contributed by atoms with van der Waals surface area (Å²) in [6.45, 7) is 1.12. The number of benzene rings is 2. The number of nitrogens with zero attached hydrogens (tertiary/aromatic N) is 2. The average molecular weight is 464 g/mol. The highest BCUT2D eigenvalue weighted by Crippen LogP contribution is 2.38. The second-order valence-electron chi connectivity index (χ2n) is 5.64. The van der Waals surface area contributed by atoms with Crippen LogP contribution < -0.4 is 18.9 Å². The topological polar surface area (TPSA) is 54.7 Å². The van der Waals surface area contributed by atoms with Crippen LogP contribution in [0.15, 0.2) is 42.6 Å². The van der Waals surface area contributed by atoms with Crippen molar-refractivity contribution in [2.24, 2.45) is 0 Å². The van der Waals surface area contributed by atoms with E-state index in [0.717, 1.165) is 43.5 Å². The second kappa shape index (κ2) is 7.06. The lowest BCUT2D eigenvalue weighted by Crippen LogP contribution is -2.15. The van der Waals surface area contributed by atoms with Crippen molar-refractivity contribution in [3.05, 3.63) is 46.2 Å². The highest BCUT2D eigenvalue weighted by atomic mass is 127. The quantitative estimate of drug-likeness (QED) is 0.548. The summed E-state index contributed by atoms with van der Waals surface area (Å²) in [5, 5.41) is 4.49. The largest absolute Gasteiger partial charge is 0.496 e. The first-order chi connectivity index (χ1) is 12.7. The molecule has 0 radical (unpaired) electrons. The Balaban J connectivity index is 1.82. The van der Waals surface area contributed by atoms with Crippen molar-refractivity contribution >= 4 is 22.6 Å². The molecule has 2 aromatic carbocycles. The van der Waals surface area contributed by atoms with Crippen LogP contribution in [0.3, 0.4) is 0 Å². The molecule has 1 aliphatic heterocycles. The van der Waals surface area contributed by atoms with Gasteiger partial charge in [-0.25, -0.2) is 4.68 Å². The van der Waals surface area contributed by atoms with E-state index in [9.17, 15) is 0 Å². The highest BCUT2D eigenvalue weighted by Gasteiger charge is 2.18. The number of fused-ring (bicyclic) bond motifs is 1. The van der Waals surface area contributed by atoms with Crippen LogP contribution in [-0.2, 0) is 0 Å². The number of ether oxygens (including phenoxy) is 4. The average Bonchev–Trinajstić information content (AvgIpc) is 3.17. The molecular formula is C19H17IN2O4. The first-order valence-corrected chi connectivity index (χ1v) is 9.15. The normalized spacial score (nSPS) is 12.7. The summed E-state index contributed by atoms with van der Waals surface area (Å²) in [5.74, 6) is 2.98. The van der Waals surface area contributed by atoms with Crippen molar-refractivity contribution in [2.45, 2.75) is 0 Å². The van der Waals surface area contributed by atoms with Crippen LogP contribution in [0.25, 0.3) is 16.9 Å². The third-order valence-corrected chi connectivity index (χ3v) is 5.01. The van der Waals surface area contributed by atoms with Gasteiger partial charge in [0.05, 0.1) is 35.4 Å². The maximum atomic E-state index is 5.69. The molecule has 1 aliphatic rings. The van der Waals surface area contributed by atoms with Gasteiger partial charge in [-0.3, -0.25) is 0 Å². The van der Waals surface area contributed by atoms with Crippen molar-refractivity contribution in [3.8, 4) is 39.9 Å². The fraction of sp³-hybridized carbons (Fsp3) is 0.211. The SMILES string of the molecule is COc1cc(OC)c(-c2ccnn2-c2ccc3c(c2)OCCO3)cc1I. The number of aromatic nitrogens is 2. The van der Waals surface area contributed by atoms with Gasteiger partial charge >= 0.3 is 0 Å². The molecule has 0 N–H and O–H groups in total. The van der Waals surface area contributed by atoms with Crippen LogP contribution in [0, 0.1) is 3.57 Å². The van der Waals surface area contributed by atoms with E-state index in [-0.39, 0.29) is 0 Å². The van der Waals surface area contributed by atoms with E-state index in [2.05, 4.69) is 27.7 Å². The maximum absolute atomic E-state index is 5.69. The minimum atomic E-state index is 0.549. The van der Waals surface area contributed by atoms with E-state index in [1.807, 2.05) is 41.1 Å². The zero-order chi connectivity index (χ0) is 18.1. The molecule has 4 rings (SSSR count). The van der Waals surface area contributed by atoms with Gasteiger partial charge in [-0.05, 0) is 46.9 Å². The summed E-state index contributed by atoms with van der Waals surface area (Å²) >= 11 is 2.25. The van der Waals surface area contributed by atoms with Crippen molar-refractivity contribution in [2.75, 3.05) is 27.4 Å². The van der Waals surface area contributed by atoms with Crippen molar-refractivity contribution in [3.63, 3.8) is 0 Å². The van der Waals surface area contributed by atoms with Gasteiger partial charge in [-0.15, -0.1) is 0 Å². The summed E-state index contributed by atoms with van der Waals surface area (Å²) in [7, 11) is 3.30. The second-order valence-corrected chi connectivity index (χ2v) is 6.81. The standard InChI is InChI=1S/C19H17IN2O4/c1-23-17-11-18(24-2)14(20)10-13(17)15-5-6-21-22(15)12-3-4-16-19(9-12)26-8-7-25-16/h3-6,9-11H,7-8H2,1-2H3. The molecule has 1 aromatic heterocycles. The predicted molar refractivity (Wildman–Crippen MR) is 106 cm³/mol. The first-order valence-electron chi connectivity index (χ1n) is 8.07. The molecular weight excluding hydrogens is 447 g/mol. The Kier molecular flexibility index (Phi) is 4.62. The number of methoxy groups -OCH3 is 2. The van der Waals surface area contributed by atoms with E-state index in [1.165, 1.54) is 0 Å². The van der Waals surface area contributed by atoms with Crippen molar-refractivity contribution < 1.29 is 18.9 Å². The Morgan fingerprint density at radius 2 is 1.73 bits per heavy atom. The van der Waals surface area contributed by atoms with Gasteiger partial charge in [0, 0.05) is 17.7 Å². The summed E-state index contributed by atoms with van der Waals surface area (Å²) in [4.78, 5) is 0. The molecule has 0 bridgehead atoms. The zero-order valence-corrected chi connectivity index (χ0v) is 16.5. The van der Waals surface area contributed by atoms with Crippen molar-refractivity contribution in [1.29, 1.82) is 0 Å². The fourth-order valence-electron chi connectivity index (χ4n) is 2.94. The Morgan fingerprint density at radius 3 is 2.50 bits per heavy atom. The molecule has 6 nitrogen and oxygen atoms in total. The third-order valence-electron chi connectivity index (χ3n) is 4.16. The summed E-state index contributed by atoms with van der Waals surface area (Å²) in [6, 6.07) is 11.7. The van der Waals surface area contributed by atoms with Crippen LogP contribution in [-0.4, -0.2) is 37.2 Å². The van der Waals surface area contributed by atoms with E-state index in [4.69, 9.17) is 18.9 Å². The maximum Gasteiger partial charge on any atom is 0.163 e. The summed E-state index contributed by atoms with van der Waals surface area (Å²) in [6.07, 6.45) is 1.77. The van der Waals surface area contributed by atoms with Crippen LogP contribution in [0.5, 0.6) is 23.0 Å². The molecule has 0 unspecified atom stereocenters. The molecule has 0 saturated carbocycles. The monoisotopic (exact) mass is 464 g/mol. The Hall–Kier alpha value is -2.42. The molecule has 7 heteroatoms. The molecule has 0 spiro atoms. The van der Waals surface area contributed by atoms with E-state index < -0.39 is 0 Å². The third kappa shape index (κ3) is 2.96. The van der Waals surface area contributed by atoms with Gasteiger partial charge in [0.1, 0.15) is 24.7 Å². The van der Waals surface area contributed by atoms with Crippen LogP contribution in [0.2, 0.25) is 0 Å². The van der Waals surface area contributed by atoms with Gasteiger partial charge in [0.2, 0.25) is 0 Å². The van der Waals surface area contributed by atoms with Crippen LogP contribution >= 0.6 is 22.6 Å². The van der Waals surface area contributed by atoms with Gasteiger partial charge in [-0.1, -0.05) is 0 Å². The van der Waals surface area contributed by atoms with Crippen molar-refractivity contribution in [1.82, 2.24) is 9.78 Å². The molecule has 0 atom stereocenters. The van der Waals surface area contributed by atoms with Gasteiger partial charge in [0.25, 0.3) is 0 Å². The minimum Gasteiger partial charge on any atom is -0.496 e. The van der Waals surface area contributed by atoms with E-state index >= 15 is 0 Å². The smallest absolute Gasteiger partial charge is 0.163 e. The number of halogens is 1. The van der Waals surface area contributed by atoms with Crippen LogP contribution in [0.4, 0.5) is 0 Å². The lowest BCUT2D eigenvalue weighted by molar-refractivity contribution is 0.171. The molecule has 2 heterocycles. The van der Waals surface area contributed by atoms with Gasteiger partial charge in [-0.2, -0.15) is 5.10 Å². The molecule has 0 saturated heterocycles. The number of hydrogen-bond acceptors (Lipinski definition) is 5. The zero-order valence-electron chi connectivity index (χ0n) is 14.4. The van der Waals surface area contributed by atoms with E-state index in [1.54, 1.807) is 20.4 Å². The number of rotatable bonds is 4. The first kappa shape index (κ1) is 17.0. The fourth-order valence-corrected chi connectivity index (χ4v) is 3.62. The molecule has 3 aromatic rings. The molecule has 0 amide bonds. The van der Waals surface area contributed by atoms with Gasteiger partial charge in [0.15, 0.2) is 11.5 Å². The molecule has 0 fully saturated rings. The molecule has 134 valence electrons. The minimum absolute atomic E-state index is 0.549. The molecule has 26 heavy (non-hydrogen) atoms. The Morgan fingerprint density at radius 1 is 0.962 bits per heavy atom. The predicted octanol–water partition coefficient (Wildman–Crippen LogP) is 3.93. The summed E-state index contributed by atoms with van der Waals surface area (Å²) in [5.41, 5.74) is 2.74.